The van der Waals surface area contributed by atoms with Crippen LogP contribution in [0.4, 0.5) is 17.3 Å². The first-order valence-corrected chi connectivity index (χ1v) is 6.30. The molecule has 0 fully saturated rings. The molecule has 6 heteroatoms. The van der Waals surface area contributed by atoms with Crippen LogP contribution in [0.2, 0.25) is 5.02 Å². The van der Waals surface area contributed by atoms with Crippen molar-refractivity contribution in [1.29, 1.82) is 0 Å². The summed E-state index contributed by atoms with van der Waals surface area (Å²) >= 11 is 8.11. The Morgan fingerprint density at radius 3 is 2.65 bits per heavy atom. The van der Waals surface area contributed by atoms with E-state index in [1.54, 1.807) is 6.07 Å². The minimum atomic E-state index is 0.610. The molecule has 0 aliphatic heterocycles. The third-order valence-electron chi connectivity index (χ3n) is 2.09. The van der Waals surface area contributed by atoms with Gasteiger partial charge in [-0.15, -0.1) is 0 Å². The molecule has 0 amide bonds. The molecule has 0 saturated carbocycles. The molecule has 4 nitrogen and oxygen atoms in total. The summed E-state index contributed by atoms with van der Waals surface area (Å²) in [7, 11) is 0. The number of pyridine rings is 1. The fraction of sp³-hybridized carbons (Fsp3) is 0. The zero-order valence-corrected chi connectivity index (χ0v) is 11.7. The van der Waals surface area contributed by atoms with Crippen LogP contribution in [0.15, 0.2) is 36.4 Å². The van der Waals surface area contributed by atoms with E-state index >= 15 is 0 Å². The number of nitrogens with two attached hydrogens (primary N) is 1. The topological polar surface area (TPSA) is 63.0 Å². The highest BCUT2D eigenvalue weighted by atomic mass is 127. The summed E-state index contributed by atoms with van der Waals surface area (Å²) in [5, 5.41) is 3.91. The average Bonchev–Trinajstić information content (AvgIpc) is 2.33. The van der Waals surface area contributed by atoms with Gasteiger partial charge in [-0.3, -0.25) is 0 Å². The molecule has 0 spiro atoms. The van der Waals surface area contributed by atoms with Gasteiger partial charge in [-0.1, -0.05) is 17.7 Å². The lowest BCUT2D eigenvalue weighted by molar-refractivity contribution is 1.22. The number of benzene rings is 1. The van der Waals surface area contributed by atoms with Crippen LogP contribution in [-0.2, 0) is 0 Å². The predicted molar refractivity (Wildman–Crippen MR) is 79.5 cm³/mol. The van der Waals surface area contributed by atoms with E-state index in [0.717, 1.165) is 15.1 Å². The molecule has 0 saturated heterocycles. The van der Waals surface area contributed by atoms with Crippen molar-refractivity contribution in [3.8, 4) is 0 Å². The lowest BCUT2D eigenvalue weighted by Gasteiger charge is -2.09. The minimum absolute atomic E-state index is 0.610. The maximum atomic E-state index is 5.89. The maximum Gasteiger partial charge on any atom is 0.142 e. The standard InChI is InChI=1S/C11H10ClIN4/c12-7-4-5-9(8(13)6-7)15-10-2-1-3-11(16-10)17-14/h1-6H,14H2,(H2,15,16,17). The molecule has 0 atom stereocenters. The van der Waals surface area contributed by atoms with E-state index in [0.29, 0.717) is 10.8 Å². The van der Waals surface area contributed by atoms with E-state index in [4.69, 9.17) is 17.4 Å². The Morgan fingerprint density at radius 1 is 1.18 bits per heavy atom. The van der Waals surface area contributed by atoms with Gasteiger partial charge in [0.05, 0.1) is 5.69 Å². The first-order chi connectivity index (χ1) is 8.19. The van der Waals surface area contributed by atoms with Gasteiger partial charge in [0.15, 0.2) is 0 Å². The molecule has 1 aromatic heterocycles. The Balaban J connectivity index is 2.25. The van der Waals surface area contributed by atoms with E-state index in [1.165, 1.54) is 0 Å². The van der Waals surface area contributed by atoms with Crippen molar-refractivity contribution in [1.82, 2.24) is 4.98 Å². The van der Waals surface area contributed by atoms with Crippen LogP contribution in [-0.4, -0.2) is 4.98 Å². The number of aromatic nitrogens is 1. The zero-order chi connectivity index (χ0) is 12.3. The van der Waals surface area contributed by atoms with E-state index in [-0.39, 0.29) is 0 Å². The van der Waals surface area contributed by atoms with Crippen molar-refractivity contribution in [2.24, 2.45) is 5.84 Å². The van der Waals surface area contributed by atoms with Crippen molar-refractivity contribution in [3.05, 3.63) is 45.0 Å². The second kappa shape index (κ2) is 5.52. The average molecular weight is 361 g/mol. The van der Waals surface area contributed by atoms with Gasteiger partial charge in [0.2, 0.25) is 0 Å². The summed E-state index contributed by atoms with van der Waals surface area (Å²) in [6.45, 7) is 0. The molecule has 0 aliphatic rings. The quantitative estimate of drug-likeness (QED) is 0.446. The van der Waals surface area contributed by atoms with E-state index in [2.05, 4.69) is 38.3 Å². The number of halogens is 2. The summed E-state index contributed by atoms with van der Waals surface area (Å²) < 4.78 is 1.03. The summed E-state index contributed by atoms with van der Waals surface area (Å²) in [6, 6.07) is 11.2. The molecule has 0 radical (unpaired) electrons. The lowest BCUT2D eigenvalue weighted by Crippen LogP contribution is -2.09. The number of nitrogens with zero attached hydrogens (tertiary/aromatic N) is 1. The third kappa shape index (κ3) is 3.21. The second-order valence-electron chi connectivity index (χ2n) is 3.30. The van der Waals surface area contributed by atoms with Crippen molar-refractivity contribution in [3.63, 3.8) is 0 Å². The van der Waals surface area contributed by atoms with Crippen LogP contribution < -0.4 is 16.6 Å². The van der Waals surface area contributed by atoms with Crippen LogP contribution >= 0.6 is 34.2 Å². The normalized spacial score (nSPS) is 10.1. The molecule has 1 aromatic carbocycles. The summed E-state index contributed by atoms with van der Waals surface area (Å²) in [5.74, 6) is 6.64. The SMILES string of the molecule is NNc1cccc(Nc2ccc(Cl)cc2I)n1. The van der Waals surface area contributed by atoms with Gasteiger partial charge in [0.25, 0.3) is 0 Å². The van der Waals surface area contributed by atoms with E-state index in [9.17, 15) is 0 Å². The van der Waals surface area contributed by atoms with Crippen molar-refractivity contribution < 1.29 is 0 Å². The number of nitrogen functional groups attached to an aromatic ring is 1. The van der Waals surface area contributed by atoms with Gasteiger partial charge in [-0.25, -0.2) is 10.8 Å². The van der Waals surface area contributed by atoms with Crippen LogP contribution in [0.3, 0.4) is 0 Å². The fourth-order valence-corrected chi connectivity index (χ4v) is 2.32. The largest absolute Gasteiger partial charge is 0.339 e. The molecule has 2 aromatic rings. The van der Waals surface area contributed by atoms with Crippen molar-refractivity contribution in [2.75, 3.05) is 10.7 Å². The highest BCUT2D eigenvalue weighted by molar-refractivity contribution is 14.1. The Hall–Kier alpha value is -1.05. The maximum absolute atomic E-state index is 5.89. The lowest BCUT2D eigenvalue weighted by atomic mass is 10.3. The van der Waals surface area contributed by atoms with Crippen LogP contribution in [0.1, 0.15) is 0 Å². The molecule has 88 valence electrons. The first kappa shape index (κ1) is 12.4. The van der Waals surface area contributed by atoms with Gasteiger partial charge >= 0.3 is 0 Å². The highest BCUT2D eigenvalue weighted by Crippen LogP contribution is 2.25. The van der Waals surface area contributed by atoms with E-state index < -0.39 is 0 Å². The highest BCUT2D eigenvalue weighted by Gasteiger charge is 2.02. The summed E-state index contributed by atoms with van der Waals surface area (Å²) in [6.07, 6.45) is 0. The summed E-state index contributed by atoms with van der Waals surface area (Å²) in [4.78, 5) is 4.27. The smallest absolute Gasteiger partial charge is 0.142 e. The van der Waals surface area contributed by atoms with Gasteiger partial charge in [-0.05, 0) is 52.9 Å². The van der Waals surface area contributed by atoms with Gasteiger partial charge in [-0.2, -0.15) is 0 Å². The van der Waals surface area contributed by atoms with E-state index in [1.807, 2.05) is 30.3 Å². The number of hydrazine groups is 1. The van der Waals surface area contributed by atoms with Crippen molar-refractivity contribution in [2.45, 2.75) is 0 Å². The predicted octanol–water partition coefficient (Wildman–Crippen LogP) is 3.37. The monoisotopic (exact) mass is 360 g/mol. The molecule has 4 N–H and O–H groups in total. The fourth-order valence-electron chi connectivity index (χ4n) is 1.31. The molecular weight excluding hydrogens is 351 g/mol. The Bertz CT molecular complexity index is 533. The molecule has 0 unspecified atom stereocenters. The molecule has 1 heterocycles. The Labute approximate surface area is 118 Å². The third-order valence-corrected chi connectivity index (χ3v) is 3.22. The Kier molecular flexibility index (Phi) is 4.03. The van der Waals surface area contributed by atoms with Gasteiger partial charge in [0, 0.05) is 8.59 Å². The van der Waals surface area contributed by atoms with Crippen LogP contribution in [0.5, 0.6) is 0 Å². The molecular formula is C11H10ClIN4. The van der Waals surface area contributed by atoms with Gasteiger partial charge < -0.3 is 10.7 Å². The summed E-state index contributed by atoms with van der Waals surface area (Å²) in [5.41, 5.74) is 3.46. The molecule has 17 heavy (non-hydrogen) atoms. The van der Waals surface area contributed by atoms with Gasteiger partial charge in [0.1, 0.15) is 11.6 Å². The van der Waals surface area contributed by atoms with Crippen LogP contribution in [0.25, 0.3) is 0 Å². The first-order valence-electron chi connectivity index (χ1n) is 4.85. The Morgan fingerprint density at radius 2 is 1.94 bits per heavy atom. The minimum Gasteiger partial charge on any atom is -0.339 e. The second-order valence-corrected chi connectivity index (χ2v) is 4.90. The molecule has 2 rings (SSSR count). The van der Waals surface area contributed by atoms with Crippen molar-refractivity contribution >= 4 is 51.5 Å². The number of hydrogen-bond donors (Lipinski definition) is 3. The number of nitrogens with one attached hydrogen (secondary N) is 2. The number of hydrogen-bond acceptors (Lipinski definition) is 4. The number of anilines is 3. The molecule has 0 bridgehead atoms. The van der Waals surface area contributed by atoms with Crippen LogP contribution in [0, 0.1) is 3.57 Å². The number of rotatable bonds is 3. The zero-order valence-electron chi connectivity index (χ0n) is 8.74. The molecule has 0 aliphatic carbocycles.